The lowest BCUT2D eigenvalue weighted by Crippen LogP contribution is -2.04. The molecule has 0 aromatic heterocycles. The third kappa shape index (κ3) is 4.60. The molecule has 6 heteroatoms. The molecular weight excluding hydrogens is 330 g/mol. The van der Waals surface area contributed by atoms with Crippen molar-refractivity contribution >= 4 is 17.5 Å². The van der Waals surface area contributed by atoms with Crippen molar-refractivity contribution in [2.45, 2.75) is 6.42 Å². The van der Waals surface area contributed by atoms with Gasteiger partial charge in [-0.05, 0) is 29.3 Å². The molecule has 4 nitrogen and oxygen atoms in total. The van der Waals surface area contributed by atoms with Gasteiger partial charge in [-0.3, -0.25) is 0 Å². The van der Waals surface area contributed by atoms with E-state index in [9.17, 15) is 18.4 Å². The van der Waals surface area contributed by atoms with Crippen LogP contribution in [0.25, 0.3) is 5.57 Å². The predicted octanol–water partition coefficient (Wildman–Crippen LogP) is 4.17. The highest BCUT2D eigenvalue weighted by Crippen LogP contribution is 2.28. The van der Waals surface area contributed by atoms with E-state index in [4.69, 9.17) is 9.47 Å². The highest BCUT2D eigenvalue weighted by molar-refractivity contribution is 5.84. The highest BCUT2D eigenvalue weighted by Gasteiger charge is 2.14. The molecule has 0 unspecified atom stereocenters. The Hall–Kier alpha value is -3.28. The summed E-state index contributed by atoms with van der Waals surface area (Å²) < 4.78 is 37.8. The van der Waals surface area contributed by atoms with Crippen LogP contribution >= 0.6 is 0 Å². The Morgan fingerprint density at radius 1 is 1.08 bits per heavy atom. The zero-order valence-corrected chi connectivity index (χ0v) is 13.1. The molecule has 0 spiro atoms. The van der Waals surface area contributed by atoms with E-state index in [1.54, 1.807) is 12.2 Å². The standard InChI is InChI=1S/C19H14F2O4/c1-3-18(22)24-16-7-5-6-12(10-14(16)20)13-8-9-17(15(21)11-13)25-19(23)4-2/h3-6,8-11H,1-2,7H2. The van der Waals surface area contributed by atoms with E-state index in [0.717, 1.165) is 24.3 Å². The van der Waals surface area contributed by atoms with Crippen LogP contribution in [0.2, 0.25) is 0 Å². The first-order chi connectivity index (χ1) is 11.9. The summed E-state index contributed by atoms with van der Waals surface area (Å²) in [4.78, 5) is 22.3. The van der Waals surface area contributed by atoms with Gasteiger partial charge in [0.2, 0.25) is 0 Å². The van der Waals surface area contributed by atoms with Crippen molar-refractivity contribution in [3.05, 3.63) is 84.7 Å². The van der Waals surface area contributed by atoms with Gasteiger partial charge in [-0.15, -0.1) is 0 Å². The lowest BCUT2D eigenvalue weighted by molar-refractivity contribution is -0.134. The molecule has 0 saturated heterocycles. The quantitative estimate of drug-likeness (QED) is 0.457. The van der Waals surface area contributed by atoms with E-state index < -0.39 is 23.6 Å². The van der Waals surface area contributed by atoms with Gasteiger partial charge >= 0.3 is 11.9 Å². The average Bonchev–Trinajstić information content (AvgIpc) is 2.78. The zero-order chi connectivity index (χ0) is 18.4. The number of rotatable bonds is 5. The average molecular weight is 344 g/mol. The molecule has 0 amide bonds. The zero-order valence-electron chi connectivity index (χ0n) is 13.1. The first-order valence-electron chi connectivity index (χ1n) is 7.20. The van der Waals surface area contributed by atoms with Crippen LogP contribution in [0.15, 0.2) is 73.3 Å². The van der Waals surface area contributed by atoms with Crippen molar-refractivity contribution in [2.75, 3.05) is 0 Å². The normalized spacial score (nSPS) is 13.6. The summed E-state index contributed by atoms with van der Waals surface area (Å²) in [5.41, 5.74) is 0.723. The summed E-state index contributed by atoms with van der Waals surface area (Å²) >= 11 is 0. The highest BCUT2D eigenvalue weighted by atomic mass is 19.1. The number of hydrogen-bond acceptors (Lipinski definition) is 4. The monoisotopic (exact) mass is 344 g/mol. The van der Waals surface area contributed by atoms with Crippen LogP contribution in [0.5, 0.6) is 5.75 Å². The second kappa shape index (κ2) is 8.01. The van der Waals surface area contributed by atoms with Crippen molar-refractivity contribution in [3.63, 3.8) is 0 Å². The fourth-order valence-corrected chi connectivity index (χ4v) is 2.00. The third-order valence-electron chi connectivity index (χ3n) is 3.18. The van der Waals surface area contributed by atoms with E-state index >= 15 is 0 Å². The first kappa shape index (κ1) is 18.1. The number of carbonyl (C=O) groups is 2. The molecule has 1 aromatic carbocycles. The van der Waals surface area contributed by atoms with Crippen molar-refractivity contribution in [1.29, 1.82) is 0 Å². The summed E-state index contributed by atoms with van der Waals surface area (Å²) in [6.45, 7) is 6.47. The molecule has 0 bridgehead atoms. The van der Waals surface area contributed by atoms with Crippen molar-refractivity contribution in [1.82, 2.24) is 0 Å². The predicted molar refractivity (Wildman–Crippen MR) is 88.4 cm³/mol. The van der Waals surface area contributed by atoms with Gasteiger partial charge in [0.15, 0.2) is 17.4 Å². The summed E-state index contributed by atoms with van der Waals surface area (Å²) in [5, 5.41) is 0. The van der Waals surface area contributed by atoms with Gasteiger partial charge in [0, 0.05) is 18.6 Å². The second-order valence-electron chi connectivity index (χ2n) is 4.87. The number of esters is 2. The Balaban J connectivity index is 2.31. The molecule has 0 aliphatic heterocycles. The van der Waals surface area contributed by atoms with Crippen LogP contribution in [0.1, 0.15) is 12.0 Å². The molecule has 1 aliphatic rings. The molecule has 0 heterocycles. The molecule has 25 heavy (non-hydrogen) atoms. The SMILES string of the molecule is C=CC(=O)OC1=C(F)C=C(c2ccc(OC(=O)C=C)c(F)c2)C=CC1. The van der Waals surface area contributed by atoms with Crippen LogP contribution in [0, 0.1) is 5.82 Å². The molecule has 128 valence electrons. The van der Waals surface area contributed by atoms with E-state index in [1.807, 2.05) is 0 Å². The number of halogens is 2. The van der Waals surface area contributed by atoms with Crippen molar-refractivity contribution in [3.8, 4) is 5.75 Å². The molecular formula is C19H14F2O4. The van der Waals surface area contributed by atoms with E-state index in [0.29, 0.717) is 11.1 Å². The van der Waals surface area contributed by atoms with E-state index in [1.165, 1.54) is 12.1 Å². The minimum atomic E-state index is -0.789. The topological polar surface area (TPSA) is 52.6 Å². The number of ether oxygens (including phenoxy) is 2. The Bertz CT molecular complexity index is 832. The molecule has 1 aliphatic carbocycles. The molecule has 2 rings (SSSR count). The molecule has 0 saturated carbocycles. The van der Waals surface area contributed by atoms with Crippen LogP contribution < -0.4 is 4.74 Å². The Morgan fingerprint density at radius 3 is 2.40 bits per heavy atom. The minimum absolute atomic E-state index is 0.0585. The van der Waals surface area contributed by atoms with Gasteiger partial charge in [0.05, 0.1) is 0 Å². The van der Waals surface area contributed by atoms with Crippen LogP contribution in [0.3, 0.4) is 0 Å². The van der Waals surface area contributed by atoms with Gasteiger partial charge < -0.3 is 9.47 Å². The van der Waals surface area contributed by atoms with Gasteiger partial charge in [-0.1, -0.05) is 31.4 Å². The maximum absolute atomic E-state index is 14.2. The van der Waals surface area contributed by atoms with Gasteiger partial charge in [0.1, 0.15) is 5.76 Å². The lowest BCUT2D eigenvalue weighted by atomic mass is 10.0. The molecule has 0 atom stereocenters. The summed E-state index contributed by atoms with van der Waals surface area (Å²) in [6, 6.07) is 3.83. The Morgan fingerprint density at radius 2 is 1.76 bits per heavy atom. The molecule has 0 N–H and O–H groups in total. The van der Waals surface area contributed by atoms with Crippen LogP contribution in [-0.2, 0) is 14.3 Å². The van der Waals surface area contributed by atoms with Gasteiger partial charge in [-0.2, -0.15) is 0 Å². The smallest absolute Gasteiger partial charge is 0.335 e. The summed E-state index contributed by atoms with van der Waals surface area (Å²) in [7, 11) is 0. The third-order valence-corrected chi connectivity index (χ3v) is 3.18. The molecule has 1 aromatic rings. The minimum Gasteiger partial charge on any atom is -0.424 e. The van der Waals surface area contributed by atoms with E-state index in [2.05, 4.69) is 13.2 Å². The largest absolute Gasteiger partial charge is 0.424 e. The summed E-state index contributed by atoms with van der Waals surface area (Å²) in [6.07, 6.45) is 6.17. The van der Waals surface area contributed by atoms with Crippen molar-refractivity contribution < 1.29 is 27.8 Å². The maximum atomic E-state index is 14.2. The Kier molecular flexibility index (Phi) is 5.79. The maximum Gasteiger partial charge on any atom is 0.335 e. The number of hydrogen-bond donors (Lipinski definition) is 0. The number of benzene rings is 1. The van der Waals surface area contributed by atoms with E-state index in [-0.39, 0.29) is 17.9 Å². The summed E-state index contributed by atoms with van der Waals surface area (Å²) in [5.74, 6) is -3.51. The molecule has 0 fully saturated rings. The number of allylic oxidation sites excluding steroid dienone is 5. The first-order valence-corrected chi connectivity index (χ1v) is 7.20. The fourth-order valence-electron chi connectivity index (χ4n) is 2.00. The van der Waals surface area contributed by atoms with Gasteiger partial charge in [0.25, 0.3) is 0 Å². The second-order valence-corrected chi connectivity index (χ2v) is 4.87. The fraction of sp³-hybridized carbons (Fsp3) is 0.0526. The van der Waals surface area contributed by atoms with Crippen LogP contribution in [-0.4, -0.2) is 11.9 Å². The Labute approximate surface area is 143 Å². The van der Waals surface area contributed by atoms with Crippen LogP contribution in [0.4, 0.5) is 8.78 Å². The van der Waals surface area contributed by atoms with Gasteiger partial charge in [-0.25, -0.2) is 18.4 Å². The lowest BCUT2D eigenvalue weighted by Gasteiger charge is -2.07. The van der Waals surface area contributed by atoms with Crippen molar-refractivity contribution in [2.24, 2.45) is 0 Å². The molecule has 0 radical (unpaired) electrons. The number of carbonyl (C=O) groups excluding carboxylic acids is 2.